The highest BCUT2D eigenvalue weighted by molar-refractivity contribution is 5.95. The Bertz CT molecular complexity index is 1090. The lowest BCUT2D eigenvalue weighted by molar-refractivity contribution is -0.128. The van der Waals surface area contributed by atoms with Gasteiger partial charge in [0.2, 0.25) is 6.10 Å². The van der Waals surface area contributed by atoms with E-state index in [2.05, 4.69) is 20.4 Å². The zero-order valence-electron chi connectivity index (χ0n) is 18.7. The maximum absolute atomic E-state index is 12.8. The van der Waals surface area contributed by atoms with Gasteiger partial charge in [0.25, 0.3) is 5.91 Å². The van der Waals surface area contributed by atoms with E-state index in [1.165, 1.54) is 25.7 Å². The van der Waals surface area contributed by atoms with Crippen LogP contribution in [-0.4, -0.2) is 41.4 Å². The van der Waals surface area contributed by atoms with Gasteiger partial charge < -0.3 is 19.7 Å². The number of carbonyl (C=O) groups excluding carboxylic acids is 1. The third-order valence-electron chi connectivity index (χ3n) is 6.13. The summed E-state index contributed by atoms with van der Waals surface area (Å²) in [4.78, 5) is 15.1. The molecule has 0 saturated carbocycles. The first-order valence-electron chi connectivity index (χ1n) is 11.6. The third kappa shape index (κ3) is 4.77. The van der Waals surface area contributed by atoms with Crippen LogP contribution in [0.1, 0.15) is 32.6 Å². The number of nitrogens with zero attached hydrogens (tertiary/aromatic N) is 3. The number of hydrogen-bond donors (Lipinski definition) is 1. The lowest BCUT2D eigenvalue weighted by Gasteiger charge is -2.31. The number of amides is 1. The number of nitrogens with one attached hydrogen (secondary N) is 1. The minimum atomic E-state index is -0.725. The molecule has 33 heavy (non-hydrogen) atoms. The fraction of sp³-hybridized carbons (Fsp3) is 0.346. The van der Waals surface area contributed by atoms with E-state index in [1.54, 1.807) is 6.07 Å². The molecule has 2 aromatic carbocycles. The zero-order chi connectivity index (χ0) is 22.6. The number of aromatic nitrogens is 2. The van der Waals surface area contributed by atoms with Crippen LogP contribution in [0, 0.1) is 0 Å². The van der Waals surface area contributed by atoms with Crippen LogP contribution < -0.4 is 19.7 Å². The van der Waals surface area contributed by atoms with Crippen LogP contribution in [0.4, 0.5) is 11.5 Å². The first-order chi connectivity index (χ1) is 16.2. The largest absolute Gasteiger partial charge is 0.482 e. The molecule has 2 aliphatic rings. The van der Waals surface area contributed by atoms with Crippen molar-refractivity contribution in [3.05, 3.63) is 60.7 Å². The quantitative estimate of drug-likeness (QED) is 0.629. The van der Waals surface area contributed by atoms with E-state index in [0.29, 0.717) is 17.2 Å². The number of ether oxygens (including phenoxy) is 2. The number of carbonyl (C=O) groups is 1. The maximum atomic E-state index is 12.8. The van der Waals surface area contributed by atoms with Gasteiger partial charge in [-0.25, -0.2) is 0 Å². The van der Waals surface area contributed by atoms with Gasteiger partial charge in [0, 0.05) is 24.3 Å². The molecule has 1 fully saturated rings. The lowest BCUT2D eigenvalue weighted by atomic mass is 10.1. The van der Waals surface area contributed by atoms with Crippen LogP contribution in [0.2, 0.25) is 0 Å². The summed E-state index contributed by atoms with van der Waals surface area (Å²) in [5.41, 5.74) is 2.44. The smallest absolute Gasteiger partial charge is 0.269 e. The van der Waals surface area contributed by atoms with Crippen molar-refractivity contribution in [3.8, 4) is 22.8 Å². The van der Waals surface area contributed by atoms with Gasteiger partial charge in [-0.15, -0.1) is 10.2 Å². The Morgan fingerprint density at radius 1 is 0.879 bits per heavy atom. The van der Waals surface area contributed by atoms with Crippen LogP contribution in [0.5, 0.6) is 11.5 Å². The molecule has 5 rings (SSSR count). The molecule has 1 amide bonds. The molecule has 2 aliphatic heterocycles. The Kier molecular flexibility index (Phi) is 6.11. The van der Waals surface area contributed by atoms with Crippen LogP contribution in [0.3, 0.4) is 0 Å². The molecule has 0 bridgehead atoms. The summed E-state index contributed by atoms with van der Waals surface area (Å²) in [6.07, 6.45) is 3.88. The summed E-state index contributed by atoms with van der Waals surface area (Å²) < 4.78 is 11.7. The van der Waals surface area contributed by atoms with Gasteiger partial charge in [-0.05, 0) is 56.2 Å². The number of rotatable bonds is 4. The molecule has 3 aromatic rings. The molecule has 7 nitrogen and oxygen atoms in total. The Morgan fingerprint density at radius 3 is 2.24 bits per heavy atom. The van der Waals surface area contributed by atoms with Crippen molar-refractivity contribution >= 4 is 17.4 Å². The fourth-order valence-corrected chi connectivity index (χ4v) is 4.29. The first kappa shape index (κ1) is 21.2. The van der Waals surface area contributed by atoms with Gasteiger partial charge in [-0.2, -0.15) is 0 Å². The van der Waals surface area contributed by atoms with Crippen LogP contribution >= 0.6 is 0 Å². The minimum Gasteiger partial charge on any atom is -0.482 e. The van der Waals surface area contributed by atoms with Gasteiger partial charge in [0.05, 0.1) is 5.69 Å². The SMILES string of the molecule is CC1Oc2ccccc2OC1C(=O)Nc1ccc(-c2ccc(N3CCCCCC3)nn2)cc1. The summed E-state index contributed by atoms with van der Waals surface area (Å²) in [5, 5.41) is 11.8. The van der Waals surface area contributed by atoms with Gasteiger partial charge in [0.1, 0.15) is 6.10 Å². The average molecular weight is 445 g/mol. The second-order valence-corrected chi connectivity index (χ2v) is 8.55. The van der Waals surface area contributed by atoms with E-state index in [4.69, 9.17) is 9.47 Å². The average Bonchev–Trinajstić information content (AvgIpc) is 3.14. The number of para-hydroxylation sites is 2. The van der Waals surface area contributed by atoms with Crippen molar-refractivity contribution in [2.75, 3.05) is 23.3 Å². The van der Waals surface area contributed by atoms with Gasteiger partial charge in [-0.1, -0.05) is 37.1 Å². The molecule has 1 N–H and O–H groups in total. The lowest BCUT2D eigenvalue weighted by Crippen LogP contribution is -2.46. The molecular formula is C26H28N4O3. The van der Waals surface area contributed by atoms with Crippen molar-refractivity contribution < 1.29 is 14.3 Å². The highest BCUT2D eigenvalue weighted by Gasteiger charge is 2.34. The molecule has 7 heteroatoms. The number of benzene rings is 2. The Labute approximate surface area is 193 Å². The van der Waals surface area contributed by atoms with E-state index in [1.807, 2.05) is 61.5 Å². The molecule has 170 valence electrons. The zero-order valence-corrected chi connectivity index (χ0v) is 18.7. The van der Waals surface area contributed by atoms with Crippen LogP contribution in [0.15, 0.2) is 60.7 Å². The van der Waals surface area contributed by atoms with Crippen molar-refractivity contribution in [2.24, 2.45) is 0 Å². The number of hydrogen-bond acceptors (Lipinski definition) is 6. The van der Waals surface area contributed by atoms with E-state index in [-0.39, 0.29) is 5.91 Å². The standard InChI is InChI=1S/C26H28N4O3/c1-18-25(33-23-9-5-4-8-22(23)32-18)26(31)27-20-12-10-19(11-13-20)21-14-15-24(29-28-21)30-16-6-2-3-7-17-30/h4-5,8-15,18,25H,2-3,6-7,16-17H2,1H3,(H,27,31). The van der Waals surface area contributed by atoms with Gasteiger partial charge in [0.15, 0.2) is 17.3 Å². The maximum Gasteiger partial charge on any atom is 0.269 e. The molecule has 0 aliphatic carbocycles. The van der Waals surface area contributed by atoms with Gasteiger partial charge >= 0.3 is 0 Å². The third-order valence-corrected chi connectivity index (χ3v) is 6.13. The predicted octanol–water partition coefficient (Wildman–Crippen LogP) is 4.69. The molecule has 3 heterocycles. The van der Waals surface area contributed by atoms with E-state index < -0.39 is 12.2 Å². The summed E-state index contributed by atoms with van der Waals surface area (Å²) in [7, 11) is 0. The van der Waals surface area contributed by atoms with Crippen molar-refractivity contribution in [1.82, 2.24) is 10.2 Å². The first-order valence-corrected chi connectivity index (χ1v) is 11.6. The molecule has 1 aromatic heterocycles. The highest BCUT2D eigenvalue weighted by Crippen LogP contribution is 2.33. The van der Waals surface area contributed by atoms with Crippen molar-refractivity contribution in [3.63, 3.8) is 0 Å². The summed E-state index contributed by atoms with van der Waals surface area (Å²) >= 11 is 0. The topological polar surface area (TPSA) is 76.6 Å². The van der Waals surface area contributed by atoms with Crippen molar-refractivity contribution in [1.29, 1.82) is 0 Å². The van der Waals surface area contributed by atoms with E-state index >= 15 is 0 Å². The summed E-state index contributed by atoms with van der Waals surface area (Å²) in [6, 6.07) is 19.0. The number of anilines is 2. The second-order valence-electron chi connectivity index (χ2n) is 8.55. The summed E-state index contributed by atoms with van der Waals surface area (Å²) in [6.45, 7) is 3.92. The Hall–Kier alpha value is -3.61. The minimum absolute atomic E-state index is 0.244. The Morgan fingerprint density at radius 2 is 1.58 bits per heavy atom. The summed E-state index contributed by atoms with van der Waals surface area (Å²) in [5.74, 6) is 1.93. The fourth-order valence-electron chi connectivity index (χ4n) is 4.29. The molecule has 1 saturated heterocycles. The Balaban J connectivity index is 1.23. The highest BCUT2D eigenvalue weighted by atomic mass is 16.6. The van der Waals surface area contributed by atoms with Crippen molar-refractivity contribution in [2.45, 2.75) is 44.8 Å². The second kappa shape index (κ2) is 9.48. The van der Waals surface area contributed by atoms with E-state index in [0.717, 1.165) is 30.2 Å². The number of fused-ring (bicyclic) bond motifs is 1. The van der Waals surface area contributed by atoms with Gasteiger partial charge in [-0.3, -0.25) is 4.79 Å². The molecular weight excluding hydrogens is 416 g/mol. The van der Waals surface area contributed by atoms with Crippen LogP contribution in [-0.2, 0) is 4.79 Å². The van der Waals surface area contributed by atoms with Crippen LogP contribution in [0.25, 0.3) is 11.3 Å². The normalized spacial score (nSPS) is 20.1. The monoisotopic (exact) mass is 444 g/mol. The van der Waals surface area contributed by atoms with E-state index in [9.17, 15) is 4.79 Å². The molecule has 2 atom stereocenters. The molecule has 0 radical (unpaired) electrons. The molecule has 2 unspecified atom stereocenters. The predicted molar refractivity (Wildman–Crippen MR) is 128 cm³/mol. The molecule has 0 spiro atoms.